The summed E-state index contributed by atoms with van der Waals surface area (Å²) in [6, 6.07) is 3.48. The van der Waals surface area contributed by atoms with Crippen LogP contribution in [0.5, 0.6) is 5.75 Å². The van der Waals surface area contributed by atoms with Crippen LogP contribution < -0.4 is 5.32 Å². The highest BCUT2D eigenvalue weighted by Crippen LogP contribution is 2.21. The number of likely N-dealkylation sites (tertiary alicyclic amines) is 1. The first-order valence-corrected chi connectivity index (χ1v) is 6.52. The highest BCUT2D eigenvalue weighted by molar-refractivity contribution is 5.94. The molecule has 0 unspecified atom stereocenters. The largest absolute Gasteiger partial charge is 0.508 e. The lowest BCUT2D eigenvalue weighted by molar-refractivity contribution is -0.125. The van der Waals surface area contributed by atoms with E-state index in [4.69, 9.17) is 5.11 Å². The lowest BCUT2D eigenvalue weighted by Gasteiger charge is -2.31. The van der Waals surface area contributed by atoms with E-state index in [0.717, 1.165) is 6.07 Å². The number of phenols is 1. The van der Waals surface area contributed by atoms with E-state index in [0.29, 0.717) is 25.9 Å². The summed E-state index contributed by atoms with van der Waals surface area (Å²) in [4.78, 5) is 25.2. The Morgan fingerprint density at radius 3 is 2.55 bits per heavy atom. The molecule has 1 heterocycles. The maximum atomic E-state index is 13.6. The number of piperidine rings is 1. The zero-order valence-electron chi connectivity index (χ0n) is 11.2. The van der Waals surface area contributed by atoms with Gasteiger partial charge in [-0.15, -0.1) is 0 Å². The van der Waals surface area contributed by atoms with Crippen molar-refractivity contribution in [2.24, 2.45) is 5.92 Å². The van der Waals surface area contributed by atoms with Crippen molar-refractivity contribution in [1.82, 2.24) is 10.2 Å². The smallest absolute Gasteiger partial charge is 0.256 e. The summed E-state index contributed by atoms with van der Waals surface area (Å²) >= 11 is 0. The van der Waals surface area contributed by atoms with E-state index in [9.17, 15) is 14.0 Å². The Labute approximate surface area is 116 Å². The fraction of sp³-hybridized carbons (Fsp3) is 0.429. The fourth-order valence-corrected chi connectivity index (χ4v) is 2.40. The summed E-state index contributed by atoms with van der Waals surface area (Å²) in [6.07, 6.45) is 1.15. The normalized spacial score (nSPS) is 16.0. The van der Waals surface area contributed by atoms with Crippen LogP contribution in [0, 0.1) is 11.7 Å². The molecule has 0 spiro atoms. The van der Waals surface area contributed by atoms with Gasteiger partial charge in [0.1, 0.15) is 11.6 Å². The van der Waals surface area contributed by atoms with Gasteiger partial charge in [-0.1, -0.05) is 0 Å². The molecule has 0 aromatic heterocycles. The van der Waals surface area contributed by atoms with Gasteiger partial charge in [-0.2, -0.15) is 0 Å². The molecule has 2 rings (SSSR count). The van der Waals surface area contributed by atoms with Gasteiger partial charge in [0.05, 0.1) is 5.56 Å². The molecule has 0 aliphatic carbocycles. The van der Waals surface area contributed by atoms with Gasteiger partial charge in [0.25, 0.3) is 5.91 Å². The quantitative estimate of drug-likeness (QED) is 0.853. The molecule has 1 aromatic carbocycles. The van der Waals surface area contributed by atoms with Gasteiger partial charge < -0.3 is 15.3 Å². The highest BCUT2D eigenvalue weighted by Gasteiger charge is 2.28. The average molecular weight is 280 g/mol. The van der Waals surface area contributed by atoms with Gasteiger partial charge in [0.15, 0.2) is 0 Å². The molecule has 108 valence electrons. The van der Waals surface area contributed by atoms with Crippen molar-refractivity contribution in [3.8, 4) is 5.75 Å². The van der Waals surface area contributed by atoms with Crippen molar-refractivity contribution in [1.29, 1.82) is 0 Å². The summed E-state index contributed by atoms with van der Waals surface area (Å²) in [7, 11) is 1.59. The fourth-order valence-electron chi connectivity index (χ4n) is 2.40. The average Bonchev–Trinajstić information content (AvgIpc) is 2.46. The number of aromatic hydroxyl groups is 1. The second-order valence-electron chi connectivity index (χ2n) is 4.84. The lowest BCUT2D eigenvalue weighted by Crippen LogP contribution is -2.42. The minimum Gasteiger partial charge on any atom is -0.508 e. The third kappa shape index (κ3) is 2.89. The van der Waals surface area contributed by atoms with Gasteiger partial charge >= 0.3 is 0 Å². The van der Waals surface area contributed by atoms with Gasteiger partial charge in [0, 0.05) is 32.1 Å². The molecule has 1 fully saturated rings. The van der Waals surface area contributed by atoms with Crippen molar-refractivity contribution in [3.63, 3.8) is 0 Å². The molecule has 0 atom stereocenters. The van der Waals surface area contributed by atoms with Crippen LogP contribution in [0.15, 0.2) is 18.2 Å². The summed E-state index contributed by atoms with van der Waals surface area (Å²) in [5.74, 6) is -1.46. The third-order valence-corrected chi connectivity index (χ3v) is 3.58. The van der Waals surface area contributed by atoms with Crippen molar-refractivity contribution in [3.05, 3.63) is 29.6 Å². The number of rotatable bonds is 2. The lowest BCUT2D eigenvalue weighted by atomic mass is 9.95. The van der Waals surface area contributed by atoms with Crippen LogP contribution >= 0.6 is 0 Å². The molecule has 0 radical (unpaired) electrons. The van der Waals surface area contributed by atoms with Crippen LogP contribution in [0.1, 0.15) is 23.2 Å². The zero-order chi connectivity index (χ0) is 14.7. The van der Waals surface area contributed by atoms with E-state index >= 15 is 0 Å². The van der Waals surface area contributed by atoms with Gasteiger partial charge in [-0.05, 0) is 25.0 Å². The zero-order valence-corrected chi connectivity index (χ0v) is 11.2. The van der Waals surface area contributed by atoms with E-state index < -0.39 is 11.7 Å². The van der Waals surface area contributed by atoms with Gasteiger partial charge in [-0.3, -0.25) is 9.59 Å². The molecule has 2 amide bonds. The van der Waals surface area contributed by atoms with Crippen LogP contribution in [0.3, 0.4) is 0 Å². The van der Waals surface area contributed by atoms with Crippen LogP contribution in [-0.2, 0) is 4.79 Å². The maximum Gasteiger partial charge on any atom is 0.256 e. The molecular weight excluding hydrogens is 263 g/mol. The number of carbonyl (C=O) groups excluding carboxylic acids is 2. The van der Waals surface area contributed by atoms with Crippen molar-refractivity contribution >= 4 is 11.8 Å². The van der Waals surface area contributed by atoms with E-state index in [1.54, 1.807) is 7.05 Å². The molecule has 2 N–H and O–H groups in total. The van der Waals surface area contributed by atoms with Crippen LogP contribution in [0.4, 0.5) is 4.39 Å². The number of phenolic OH excluding ortho intramolecular Hbond substituents is 1. The number of hydrogen-bond acceptors (Lipinski definition) is 3. The number of halogens is 1. The Bertz CT molecular complexity index is 525. The third-order valence-electron chi connectivity index (χ3n) is 3.58. The van der Waals surface area contributed by atoms with Crippen molar-refractivity contribution in [2.45, 2.75) is 12.8 Å². The minimum atomic E-state index is -0.733. The number of carbonyl (C=O) groups is 2. The second-order valence-corrected chi connectivity index (χ2v) is 4.84. The Kier molecular flexibility index (Phi) is 4.22. The second kappa shape index (κ2) is 5.90. The number of amides is 2. The van der Waals surface area contributed by atoms with Crippen LogP contribution in [-0.4, -0.2) is 42.0 Å². The Hall–Kier alpha value is -2.11. The number of nitrogens with zero attached hydrogens (tertiary/aromatic N) is 1. The van der Waals surface area contributed by atoms with Gasteiger partial charge in [-0.25, -0.2) is 4.39 Å². The van der Waals surface area contributed by atoms with Crippen LogP contribution in [0.2, 0.25) is 0 Å². The summed E-state index contributed by atoms with van der Waals surface area (Å²) in [6.45, 7) is 0.856. The Morgan fingerprint density at radius 1 is 1.35 bits per heavy atom. The molecule has 6 heteroatoms. The summed E-state index contributed by atoms with van der Waals surface area (Å²) < 4.78 is 13.6. The number of hydrogen-bond donors (Lipinski definition) is 2. The summed E-state index contributed by atoms with van der Waals surface area (Å²) in [5.41, 5.74) is -0.0545. The predicted molar refractivity (Wildman–Crippen MR) is 70.8 cm³/mol. The van der Waals surface area contributed by atoms with E-state index in [-0.39, 0.29) is 23.1 Å². The molecule has 0 bridgehead atoms. The monoisotopic (exact) mass is 280 g/mol. The standard InChI is InChI=1S/C14H17FN2O3/c1-16-13(19)9-4-6-17(7-5-9)14(20)11-3-2-10(18)8-12(11)15/h2-3,8-9,18H,4-7H2,1H3,(H,16,19). The first-order chi connectivity index (χ1) is 9.52. The molecule has 1 saturated heterocycles. The topological polar surface area (TPSA) is 69.6 Å². The molecule has 1 aliphatic rings. The molecule has 1 aliphatic heterocycles. The van der Waals surface area contributed by atoms with E-state index in [2.05, 4.69) is 5.32 Å². The molecule has 5 nitrogen and oxygen atoms in total. The maximum absolute atomic E-state index is 13.6. The van der Waals surface area contributed by atoms with Crippen LogP contribution in [0.25, 0.3) is 0 Å². The van der Waals surface area contributed by atoms with E-state index in [1.165, 1.54) is 17.0 Å². The summed E-state index contributed by atoms with van der Waals surface area (Å²) in [5, 5.41) is 11.7. The number of nitrogens with one attached hydrogen (secondary N) is 1. The van der Waals surface area contributed by atoms with E-state index in [1.807, 2.05) is 0 Å². The molecule has 0 saturated carbocycles. The van der Waals surface area contributed by atoms with Crippen molar-refractivity contribution in [2.75, 3.05) is 20.1 Å². The highest BCUT2D eigenvalue weighted by atomic mass is 19.1. The predicted octanol–water partition coefficient (Wildman–Crippen LogP) is 1.13. The molecular formula is C14H17FN2O3. The molecule has 1 aromatic rings. The SMILES string of the molecule is CNC(=O)C1CCN(C(=O)c2ccc(O)cc2F)CC1. The minimum absolute atomic E-state index is 0.0205. The Balaban J connectivity index is 2.03. The molecule has 20 heavy (non-hydrogen) atoms. The Morgan fingerprint density at radius 2 is 2.00 bits per heavy atom. The first kappa shape index (κ1) is 14.3. The number of benzene rings is 1. The van der Waals surface area contributed by atoms with Gasteiger partial charge in [0.2, 0.25) is 5.91 Å². The first-order valence-electron chi connectivity index (χ1n) is 6.52. The van der Waals surface area contributed by atoms with Crippen molar-refractivity contribution < 1.29 is 19.1 Å².